The van der Waals surface area contributed by atoms with Crippen molar-refractivity contribution < 1.29 is 74.9 Å². The molecule has 0 radical (unpaired) electrons. The van der Waals surface area contributed by atoms with Gasteiger partial charge in [-0.1, -0.05) is 37.3 Å². The predicted octanol–water partition coefficient (Wildman–Crippen LogP) is 0.887. The molecule has 55 heavy (non-hydrogen) atoms. The van der Waals surface area contributed by atoms with Crippen LogP contribution in [-0.2, 0) is 38.1 Å². The second-order valence-corrected chi connectivity index (χ2v) is 18.0. The van der Waals surface area contributed by atoms with Crippen LogP contribution < -0.4 is 17.0 Å². The SMILES string of the molecule is COC[C@]12CC[C@H](OC(=O)C=[N+]3C4CC(OC(=O)/C(=C/O)c5ccccc5)C[C@H]3[C@@H]3O[C@H]43)C[C@@]1(O)CC[C@@H]1[C@@H]2CC[C@]2(C)[C@H](C3COC(=O)C3)CCC12O.[Br-]. The van der Waals surface area contributed by atoms with Crippen LogP contribution in [0, 0.1) is 34.5 Å². The van der Waals surface area contributed by atoms with Crippen molar-refractivity contribution in [3.8, 4) is 0 Å². The molecule has 4 saturated carbocycles. The first-order valence-corrected chi connectivity index (χ1v) is 20.1. The molecule has 3 N–H and O–H groups in total. The first-order chi connectivity index (χ1) is 25.9. The van der Waals surface area contributed by atoms with E-state index in [9.17, 15) is 29.7 Å². The van der Waals surface area contributed by atoms with Gasteiger partial charge in [-0.3, -0.25) is 4.79 Å². The Balaban J connectivity index is 0.00000427. The number of esters is 3. The van der Waals surface area contributed by atoms with Gasteiger partial charge < -0.3 is 56.0 Å². The Bertz CT molecular complexity index is 1730. The predicted molar refractivity (Wildman–Crippen MR) is 192 cm³/mol. The van der Waals surface area contributed by atoms with Crippen LogP contribution in [0.4, 0.5) is 0 Å². The van der Waals surface area contributed by atoms with Crippen molar-refractivity contribution in [1.82, 2.24) is 0 Å². The third kappa shape index (κ3) is 6.03. The Labute approximate surface area is 332 Å². The number of halogens is 1. The van der Waals surface area contributed by atoms with E-state index >= 15 is 0 Å². The molecule has 4 unspecified atom stereocenters. The van der Waals surface area contributed by atoms with Gasteiger partial charge >= 0.3 is 17.9 Å². The molecule has 4 aliphatic heterocycles. The lowest BCUT2D eigenvalue weighted by molar-refractivity contribution is -0.603. The molecule has 8 fully saturated rings. The minimum atomic E-state index is -1.11. The fourth-order valence-electron chi connectivity index (χ4n) is 13.4. The number of nitrogens with zero attached hydrogens (tertiary/aromatic N) is 1. The number of cyclic esters (lactones) is 1. The average molecular weight is 829 g/mol. The highest BCUT2D eigenvalue weighted by Crippen LogP contribution is 2.71. The average Bonchev–Trinajstić information content (AvgIpc) is 3.68. The maximum atomic E-state index is 13.6. The van der Waals surface area contributed by atoms with E-state index in [2.05, 4.69) is 6.92 Å². The molecule has 4 heterocycles. The van der Waals surface area contributed by atoms with Crippen LogP contribution in [0.25, 0.3) is 5.57 Å². The molecule has 0 spiro atoms. The van der Waals surface area contributed by atoms with Crippen molar-refractivity contribution in [3.63, 3.8) is 0 Å². The van der Waals surface area contributed by atoms with E-state index < -0.39 is 34.7 Å². The Morgan fingerprint density at radius 3 is 2.31 bits per heavy atom. The van der Waals surface area contributed by atoms with Gasteiger partial charge in [0.2, 0.25) is 6.21 Å². The van der Waals surface area contributed by atoms with Gasteiger partial charge in [0.25, 0.3) is 0 Å². The van der Waals surface area contributed by atoms with E-state index in [0.717, 1.165) is 25.5 Å². The summed E-state index contributed by atoms with van der Waals surface area (Å²) in [5, 5.41) is 35.1. The van der Waals surface area contributed by atoms with Crippen molar-refractivity contribution in [2.24, 2.45) is 34.5 Å². The molecule has 0 aromatic heterocycles. The molecule has 13 heteroatoms. The lowest BCUT2D eigenvalue weighted by Crippen LogP contribution is -3.00. The number of epoxide rings is 1. The van der Waals surface area contributed by atoms with E-state index in [1.54, 1.807) is 37.6 Å². The Hall–Kier alpha value is -2.84. The molecule has 1 aromatic rings. The zero-order valence-corrected chi connectivity index (χ0v) is 33.2. The fraction of sp³-hybridized carbons (Fsp3) is 0.714. The molecule has 12 nitrogen and oxygen atoms in total. The number of rotatable bonds is 8. The summed E-state index contributed by atoms with van der Waals surface area (Å²) < 4.78 is 31.2. The van der Waals surface area contributed by atoms with Gasteiger partial charge in [0.1, 0.15) is 17.8 Å². The van der Waals surface area contributed by atoms with Crippen molar-refractivity contribution in [1.29, 1.82) is 0 Å². The topological polar surface area (TPSA) is 164 Å². The van der Waals surface area contributed by atoms with Gasteiger partial charge in [-0.15, -0.1) is 0 Å². The van der Waals surface area contributed by atoms with Gasteiger partial charge in [-0.2, -0.15) is 0 Å². The van der Waals surface area contributed by atoms with Crippen molar-refractivity contribution >= 4 is 29.7 Å². The second-order valence-electron chi connectivity index (χ2n) is 18.0. The molecule has 9 rings (SSSR count). The van der Waals surface area contributed by atoms with Crippen LogP contribution in [0.2, 0.25) is 0 Å². The van der Waals surface area contributed by atoms with E-state index in [0.29, 0.717) is 76.6 Å². The number of hydrogen-bond acceptors (Lipinski definition) is 11. The van der Waals surface area contributed by atoms with Gasteiger partial charge in [-0.05, 0) is 80.1 Å². The lowest BCUT2D eigenvalue weighted by atomic mass is 9.41. The van der Waals surface area contributed by atoms with Crippen LogP contribution >= 0.6 is 0 Å². The normalized spacial score (nSPS) is 46.0. The number of methoxy groups -OCH3 is 1. The standard InChI is InChI=1S/C42H53NO11.BrH/c1-39-12-9-30-31(42(39,49)15-11-29(39)25-16-34(45)51-22-25)10-14-41(48)19-26(8-13-40(30,41)23-50-2)52-35(46)20-43-32-17-27(18-33(43)37-36(32)54-37)53-38(47)28(21-44)24-6-4-3-5-7-24;/h3-7,20-21,25-27,29-33,36-37,48-49H,8-19,22-23H2,1-2H3;1H/t25?,26-,27?,29-,30-,31+,32-,33?,36-,37+,39+,40-,41-,42?;/m0./s1. The Morgan fingerprint density at radius 2 is 1.64 bits per heavy atom. The number of benzene rings is 1. The molecule has 14 atom stereocenters. The second kappa shape index (κ2) is 14.2. The summed E-state index contributed by atoms with van der Waals surface area (Å²) in [7, 11) is 1.68. The van der Waals surface area contributed by atoms with Crippen molar-refractivity contribution in [3.05, 3.63) is 42.2 Å². The summed E-state index contributed by atoms with van der Waals surface area (Å²) in [5.74, 6) is -0.736. The minimum Gasteiger partial charge on any atom is -1.00 e. The van der Waals surface area contributed by atoms with Gasteiger partial charge in [0, 0.05) is 37.7 Å². The third-order valence-corrected chi connectivity index (χ3v) is 15.9. The molecule has 300 valence electrons. The molecule has 4 aliphatic carbocycles. The number of carbonyl (C=O) groups excluding carboxylic acids is 3. The summed E-state index contributed by atoms with van der Waals surface area (Å²) in [6.07, 6.45) is 8.81. The number of aliphatic hydroxyl groups is 3. The molecular weight excluding hydrogens is 774 g/mol. The van der Waals surface area contributed by atoms with Gasteiger partial charge in [-0.25, -0.2) is 14.2 Å². The van der Waals surface area contributed by atoms with Crippen LogP contribution in [0.5, 0.6) is 0 Å². The number of hydrogen-bond donors (Lipinski definition) is 3. The zero-order chi connectivity index (χ0) is 37.6. The summed E-state index contributed by atoms with van der Waals surface area (Å²) >= 11 is 0. The van der Waals surface area contributed by atoms with Crippen LogP contribution in [0.1, 0.15) is 89.5 Å². The number of carbonyl (C=O) groups is 3. The van der Waals surface area contributed by atoms with Crippen LogP contribution in [-0.4, -0.2) is 112 Å². The first-order valence-electron chi connectivity index (χ1n) is 20.1. The summed E-state index contributed by atoms with van der Waals surface area (Å²) in [5.41, 5.74) is -2.22. The number of piperidine rings is 1. The first kappa shape index (κ1) is 39.0. The van der Waals surface area contributed by atoms with E-state index in [1.165, 1.54) is 0 Å². The minimum absolute atomic E-state index is 0. The third-order valence-electron chi connectivity index (χ3n) is 15.9. The number of ether oxygens (including phenoxy) is 5. The molecular formula is C42H54BrNO11. The Morgan fingerprint density at radius 1 is 0.927 bits per heavy atom. The van der Waals surface area contributed by atoms with Crippen molar-refractivity contribution in [2.75, 3.05) is 20.3 Å². The summed E-state index contributed by atoms with van der Waals surface area (Å²) in [4.78, 5) is 38.7. The quantitative estimate of drug-likeness (QED) is 0.0852. The largest absolute Gasteiger partial charge is 1.00 e. The van der Waals surface area contributed by atoms with E-state index in [-0.39, 0.29) is 88.0 Å². The summed E-state index contributed by atoms with van der Waals surface area (Å²) in [6, 6.07) is 8.61. The maximum absolute atomic E-state index is 13.6. The number of aliphatic hydroxyl groups excluding tert-OH is 1. The van der Waals surface area contributed by atoms with Gasteiger partial charge in [0.15, 0.2) is 24.3 Å². The Kier molecular flexibility index (Phi) is 10.1. The molecule has 2 bridgehead atoms. The highest BCUT2D eigenvalue weighted by Gasteiger charge is 2.72. The highest BCUT2D eigenvalue weighted by molar-refractivity contribution is 6.21. The zero-order valence-electron chi connectivity index (χ0n) is 31.6. The van der Waals surface area contributed by atoms with Crippen LogP contribution in [0.3, 0.4) is 0 Å². The number of morpholine rings is 1. The molecule has 1 aromatic carbocycles. The van der Waals surface area contributed by atoms with E-state index in [4.69, 9.17) is 23.7 Å². The molecule has 0 amide bonds. The summed E-state index contributed by atoms with van der Waals surface area (Å²) in [6.45, 7) is 3.05. The maximum Gasteiger partial charge on any atom is 0.395 e. The number of fused-ring (bicyclic) bond motifs is 10. The molecule has 8 aliphatic rings. The fourth-order valence-corrected chi connectivity index (χ4v) is 13.4. The monoisotopic (exact) mass is 827 g/mol. The lowest BCUT2D eigenvalue weighted by Gasteiger charge is -2.66. The van der Waals surface area contributed by atoms with Crippen molar-refractivity contribution in [2.45, 2.75) is 132 Å². The van der Waals surface area contributed by atoms with Crippen LogP contribution in [0.15, 0.2) is 36.6 Å². The smallest absolute Gasteiger partial charge is 0.395 e. The molecule has 4 saturated heterocycles. The van der Waals surface area contributed by atoms with E-state index in [1.807, 2.05) is 10.6 Å². The van der Waals surface area contributed by atoms with Gasteiger partial charge in [0.05, 0.1) is 37.1 Å². The highest BCUT2D eigenvalue weighted by atomic mass is 79.9.